The van der Waals surface area contributed by atoms with Crippen LogP contribution in [0.3, 0.4) is 0 Å². The fraction of sp³-hybridized carbons (Fsp3) is 0.700. The predicted molar refractivity (Wildman–Crippen MR) is 122 cm³/mol. The third-order valence-corrected chi connectivity index (χ3v) is 6.63. The SMILES string of the molecule is CCN(CC)CCSc1ncnc2c(N3CCOCC3)nc(N3CCNCC3)nc12. The van der Waals surface area contributed by atoms with Gasteiger partial charge in [-0.15, -0.1) is 11.8 Å². The van der Waals surface area contributed by atoms with Crippen molar-refractivity contribution in [2.45, 2.75) is 18.9 Å². The number of hydrogen-bond acceptors (Lipinski definition) is 10. The van der Waals surface area contributed by atoms with Gasteiger partial charge in [0.2, 0.25) is 5.95 Å². The fourth-order valence-corrected chi connectivity index (χ4v) is 4.76. The second kappa shape index (κ2) is 10.5. The van der Waals surface area contributed by atoms with Gasteiger partial charge in [-0.2, -0.15) is 4.98 Å². The molecule has 0 unspecified atom stereocenters. The van der Waals surface area contributed by atoms with Gasteiger partial charge in [0, 0.05) is 51.6 Å². The molecule has 164 valence electrons. The Morgan fingerprint density at radius 3 is 2.50 bits per heavy atom. The first-order valence-corrected chi connectivity index (χ1v) is 11.9. The molecule has 0 aromatic carbocycles. The summed E-state index contributed by atoms with van der Waals surface area (Å²) in [5, 5.41) is 4.35. The van der Waals surface area contributed by atoms with E-state index in [2.05, 4.69) is 43.8 Å². The number of rotatable bonds is 8. The van der Waals surface area contributed by atoms with Crippen LogP contribution in [0.15, 0.2) is 11.4 Å². The lowest BCUT2D eigenvalue weighted by molar-refractivity contribution is 0.122. The number of aromatic nitrogens is 4. The molecule has 0 amide bonds. The van der Waals surface area contributed by atoms with E-state index in [9.17, 15) is 0 Å². The van der Waals surface area contributed by atoms with Crippen molar-refractivity contribution >= 4 is 34.6 Å². The molecule has 0 spiro atoms. The number of piperazine rings is 1. The Bertz CT molecular complexity index is 822. The van der Waals surface area contributed by atoms with Crippen molar-refractivity contribution in [2.75, 3.05) is 87.7 Å². The third-order valence-electron chi connectivity index (χ3n) is 5.67. The average Bonchev–Trinajstić information content (AvgIpc) is 2.82. The van der Waals surface area contributed by atoms with E-state index in [-0.39, 0.29) is 0 Å². The first-order chi connectivity index (χ1) is 14.8. The Hall–Kier alpha value is -1.75. The van der Waals surface area contributed by atoms with Crippen molar-refractivity contribution in [3.63, 3.8) is 0 Å². The van der Waals surface area contributed by atoms with Crippen LogP contribution in [0.25, 0.3) is 11.0 Å². The molecular formula is C20H32N8OS. The van der Waals surface area contributed by atoms with Crippen LogP contribution in [0.5, 0.6) is 0 Å². The number of anilines is 2. The smallest absolute Gasteiger partial charge is 0.228 e. The minimum Gasteiger partial charge on any atom is -0.378 e. The quantitative estimate of drug-likeness (QED) is 0.484. The Morgan fingerprint density at radius 2 is 1.77 bits per heavy atom. The number of hydrogen-bond donors (Lipinski definition) is 1. The number of nitrogens with zero attached hydrogens (tertiary/aromatic N) is 7. The van der Waals surface area contributed by atoms with Gasteiger partial charge in [0.15, 0.2) is 5.82 Å². The molecule has 0 radical (unpaired) electrons. The van der Waals surface area contributed by atoms with E-state index in [1.54, 1.807) is 18.1 Å². The monoisotopic (exact) mass is 432 g/mol. The highest BCUT2D eigenvalue weighted by Crippen LogP contribution is 2.31. The Morgan fingerprint density at radius 1 is 1.00 bits per heavy atom. The molecule has 4 rings (SSSR count). The first-order valence-electron chi connectivity index (χ1n) is 11.0. The molecule has 2 aliphatic rings. The summed E-state index contributed by atoms with van der Waals surface area (Å²) in [7, 11) is 0. The molecule has 9 nitrogen and oxygen atoms in total. The topological polar surface area (TPSA) is 82.5 Å². The number of ether oxygens (including phenoxy) is 1. The summed E-state index contributed by atoms with van der Waals surface area (Å²) < 4.78 is 5.56. The van der Waals surface area contributed by atoms with E-state index in [1.807, 2.05) is 0 Å². The number of thioether (sulfide) groups is 1. The number of nitrogens with one attached hydrogen (secondary N) is 1. The molecular weight excluding hydrogens is 400 g/mol. The van der Waals surface area contributed by atoms with Crippen LogP contribution in [-0.2, 0) is 4.74 Å². The zero-order valence-corrected chi connectivity index (χ0v) is 18.8. The van der Waals surface area contributed by atoms with Crippen LogP contribution in [0.1, 0.15) is 13.8 Å². The van der Waals surface area contributed by atoms with Crippen molar-refractivity contribution in [3.8, 4) is 0 Å². The van der Waals surface area contributed by atoms with E-state index in [0.717, 1.165) is 92.5 Å². The Kier molecular flexibility index (Phi) is 7.53. The molecule has 4 heterocycles. The van der Waals surface area contributed by atoms with Crippen LogP contribution >= 0.6 is 11.8 Å². The number of morpholine rings is 1. The van der Waals surface area contributed by atoms with Crippen LogP contribution in [0, 0.1) is 0 Å². The van der Waals surface area contributed by atoms with Crippen molar-refractivity contribution in [3.05, 3.63) is 6.33 Å². The number of fused-ring (bicyclic) bond motifs is 1. The summed E-state index contributed by atoms with van der Waals surface area (Å²) in [6.07, 6.45) is 1.65. The summed E-state index contributed by atoms with van der Waals surface area (Å²) >= 11 is 1.76. The van der Waals surface area contributed by atoms with Gasteiger partial charge in [-0.1, -0.05) is 13.8 Å². The molecule has 2 aliphatic heterocycles. The third kappa shape index (κ3) is 4.93. The zero-order chi connectivity index (χ0) is 20.8. The molecule has 0 atom stereocenters. The molecule has 2 aromatic rings. The van der Waals surface area contributed by atoms with Crippen LogP contribution in [-0.4, -0.2) is 103 Å². The molecule has 0 saturated carbocycles. The normalized spacial score (nSPS) is 17.8. The molecule has 2 saturated heterocycles. The van der Waals surface area contributed by atoms with Gasteiger partial charge in [-0.25, -0.2) is 15.0 Å². The van der Waals surface area contributed by atoms with Gasteiger partial charge in [0.05, 0.1) is 13.2 Å². The average molecular weight is 433 g/mol. The van der Waals surface area contributed by atoms with Gasteiger partial charge in [0.1, 0.15) is 22.4 Å². The van der Waals surface area contributed by atoms with Crippen molar-refractivity contribution in [1.29, 1.82) is 0 Å². The Labute approximate surface area is 182 Å². The van der Waals surface area contributed by atoms with E-state index in [1.165, 1.54) is 0 Å². The highest BCUT2D eigenvalue weighted by molar-refractivity contribution is 7.99. The lowest BCUT2D eigenvalue weighted by Crippen LogP contribution is -2.44. The van der Waals surface area contributed by atoms with Gasteiger partial charge in [0.25, 0.3) is 0 Å². The van der Waals surface area contributed by atoms with Crippen molar-refractivity contribution in [1.82, 2.24) is 30.2 Å². The minimum absolute atomic E-state index is 0.713. The van der Waals surface area contributed by atoms with E-state index in [4.69, 9.17) is 14.7 Å². The maximum absolute atomic E-state index is 5.56. The van der Waals surface area contributed by atoms with E-state index < -0.39 is 0 Å². The van der Waals surface area contributed by atoms with Gasteiger partial charge in [-0.05, 0) is 13.1 Å². The van der Waals surface area contributed by atoms with Crippen LogP contribution in [0.2, 0.25) is 0 Å². The largest absolute Gasteiger partial charge is 0.378 e. The van der Waals surface area contributed by atoms with Gasteiger partial charge in [-0.3, -0.25) is 0 Å². The summed E-state index contributed by atoms with van der Waals surface area (Å²) in [5.74, 6) is 2.67. The second-order valence-electron chi connectivity index (χ2n) is 7.44. The fourth-order valence-electron chi connectivity index (χ4n) is 3.82. The lowest BCUT2D eigenvalue weighted by atomic mass is 10.3. The summed E-state index contributed by atoms with van der Waals surface area (Å²) in [5.41, 5.74) is 1.71. The van der Waals surface area contributed by atoms with Crippen LogP contribution < -0.4 is 15.1 Å². The summed E-state index contributed by atoms with van der Waals surface area (Å²) in [4.78, 5) is 26.1. The summed E-state index contributed by atoms with van der Waals surface area (Å²) in [6.45, 7) is 14.4. The predicted octanol–water partition coefficient (Wildman–Crippen LogP) is 1.10. The zero-order valence-electron chi connectivity index (χ0n) is 18.0. The van der Waals surface area contributed by atoms with Gasteiger partial charge < -0.3 is 24.8 Å². The first kappa shape index (κ1) is 21.5. The molecule has 0 aliphatic carbocycles. The molecule has 0 bridgehead atoms. The second-order valence-corrected chi connectivity index (χ2v) is 8.52. The highest BCUT2D eigenvalue weighted by Gasteiger charge is 2.23. The minimum atomic E-state index is 0.713. The standard InChI is InChI=1S/C20H32N8OS/c1-3-26(4-2)11-14-30-19-17-16(22-15-23-19)18(27-9-12-29-13-10-27)25-20(24-17)28-7-5-21-6-8-28/h15,21H,3-14H2,1-2H3. The maximum atomic E-state index is 5.56. The van der Waals surface area contributed by atoms with E-state index >= 15 is 0 Å². The highest BCUT2D eigenvalue weighted by atomic mass is 32.2. The molecule has 2 aromatic heterocycles. The van der Waals surface area contributed by atoms with Gasteiger partial charge >= 0.3 is 0 Å². The summed E-state index contributed by atoms with van der Waals surface area (Å²) in [6, 6.07) is 0. The van der Waals surface area contributed by atoms with E-state index in [0.29, 0.717) is 13.2 Å². The van der Waals surface area contributed by atoms with Crippen molar-refractivity contribution in [2.24, 2.45) is 0 Å². The lowest BCUT2D eigenvalue weighted by Gasteiger charge is -2.31. The molecule has 1 N–H and O–H groups in total. The van der Waals surface area contributed by atoms with Crippen LogP contribution in [0.4, 0.5) is 11.8 Å². The molecule has 10 heteroatoms. The molecule has 2 fully saturated rings. The Balaban J connectivity index is 1.68. The van der Waals surface area contributed by atoms with Crippen molar-refractivity contribution < 1.29 is 4.74 Å². The molecule has 30 heavy (non-hydrogen) atoms. The maximum Gasteiger partial charge on any atom is 0.228 e.